The molecule has 0 unspecified atom stereocenters. The molecule has 4 aliphatic carbocycles. The summed E-state index contributed by atoms with van der Waals surface area (Å²) in [7, 11) is 0. The Labute approximate surface area is 138 Å². The number of amides is 1. The van der Waals surface area contributed by atoms with Gasteiger partial charge >= 0.3 is 5.97 Å². The van der Waals surface area contributed by atoms with Gasteiger partial charge < -0.3 is 4.84 Å². The molecule has 23 heavy (non-hydrogen) atoms. The van der Waals surface area contributed by atoms with Gasteiger partial charge in [-0.2, -0.15) is 0 Å². The smallest absolute Gasteiger partial charge is 0.327 e. The summed E-state index contributed by atoms with van der Waals surface area (Å²) in [6.45, 7) is 5.66. The number of hydrazine groups is 1. The summed E-state index contributed by atoms with van der Waals surface area (Å²) in [5, 5.41) is 3.40. The minimum Gasteiger partial charge on any atom is -0.347 e. The van der Waals surface area contributed by atoms with Crippen LogP contribution in [0.15, 0.2) is 0 Å². The van der Waals surface area contributed by atoms with E-state index in [1.807, 2.05) is 20.8 Å². The van der Waals surface area contributed by atoms with E-state index in [1.165, 1.54) is 32.1 Å². The fraction of sp³-hybridized carbons (Fsp3) is 0.889. The maximum Gasteiger partial charge on any atom is 0.327 e. The fourth-order valence-corrected chi connectivity index (χ4v) is 5.73. The predicted molar refractivity (Wildman–Crippen MR) is 84.6 cm³/mol. The van der Waals surface area contributed by atoms with Crippen molar-refractivity contribution in [2.75, 3.05) is 0 Å². The van der Waals surface area contributed by atoms with E-state index in [4.69, 9.17) is 4.84 Å². The molecule has 128 valence electrons. The first-order chi connectivity index (χ1) is 10.9. The second-order valence-corrected chi connectivity index (χ2v) is 8.62. The molecule has 0 aromatic carbocycles. The van der Waals surface area contributed by atoms with Crippen molar-refractivity contribution in [1.29, 1.82) is 0 Å². The molecule has 1 heterocycles. The van der Waals surface area contributed by atoms with Crippen LogP contribution in [0.5, 0.6) is 0 Å². The van der Waals surface area contributed by atoms with Gasteiger partial charge in [0.2, 0.25) is 0 Å². The molecule has 4 saturated carbocycles. The summed E-state index contributed by atoms with van der Waals surface area (Å²) in [5.41, 5.74) is -0.724. The van der Waals surface area contributed by atoms with Crippen LogP contribution in [0.2, 0.25) is 0 Å². The lowest BCUT2D eigenvalue weighted by molar-refractivity contribution is -0.363. The molecule has 0 aromatic rings. The number of carbonyl (C=O) groups is 2. The molecule has 5 rings (SSSR count). The normalized spacial score (nSPS) is 41.1. The van der Waals surface area contributed by atoms with Crippen LogP contribution in [0.3, 0.4) is 0 Å². The third-order valence-corrected chi connectivity index (χ3v) is 6.51. The van der Waals surface area contributed by atoms with E-state index in [0.29, 0.717) is 18.3 Å². The van der Waals surface area contributed by atoms with Crippen molar-refractivity contribution in [1.82, 2.24) is 10.2 Å². The van der Waals surface area contributed by atoms with Gasteiger partial charge in [0.15, 0.2) is 5.54 Å². The van der Waals surface area contributed by atoms with Crippen LogP contribution >= 0.6 is 0 Å². The van der Waals surface area contributed by atoms with Crippen molar-refractivity contribution >= 4 is 11.9 Å². The summed E-state index contributed by atoms with van der Waals surface area (Å²) in [6, 6.07) is 0.248. The summed E-state index contributed by atoms with van der Waals surface area (Å²) in [4.78, 5) is 30.3. The Morgan fingerprint density at radius 2 is 1.70 bits per heavy atom. The summed E-state index contributed by atoms with van der Waals surface area (Å²) >= 11 is 0. The molecule has 1 saturated heterocycles. The lowest BCUT2D eigenvalue weighted by Crippen LogP contribution is -2.79. The van der Waals surface area contributed by atoms with Crippen LogP contribution in [0.1, 0.15) is 65.7 Å². The van der Waals surface area contributed by atoms with Gasteiger partial charge in [0.1, 0.15) is 0 Å². The molecule has 0 atom stereocenters. The first kappa shape index (κ1) is 15.4. The maximum absolute atomic E-state index is 12.7. The van der Waals surface area contributed by atoms with Crippen LogP contribution < -0.4 is 0 Å². The van der Waals surface area contributed by atoms with E-state index in [1.54, 1.807) is 10.2 Å². The van der Waals surface area contributed by atoms with Crippen LogP contribution in [0.4, 0.5) is 0 Å². The quantitative estimate of drug-likeness (QED) is 0.799. The maximum atomic E-state index is 12.7. The van der Waals surface area contributed by atoms with Gasteiger partial charge in [0.25, 0.3) is 5.91 Å². The van der Waals surface area contributed by atoms with Gasteiger partial charge in [0.05, 0.1) is 6.04 Å². The Kier molecular flexibility index (Phi) is 3.49. The van der Waals surface area contributed by atoms with Crippen LogP contribution in [-0.4, -0.2) is 33.6 Å². The van der Waals surface area contributed by atoms with Gasteiger partial charge in [-0.3, -0.25) is 9.59 Å². The second kappa shape index (κ2) is 5.20. The molecule has 0 N–H and O–H groups in total. The molecule has 4 bridgehead atoms. The highest BCUT2D eigenvalue weighted by atomic mass is 16.8. The number of carbonyl (C=O) groups excluding carboxylic acids is 2. The highest BCUT2D eigenvalue weighted by Gasteiger charge is 2.63. The van der Waals surface area contributed by atoms with Crippen molar-refractivity contribution in [3.8, 4) is 0 Å². The number of hydrogen-bond acceptors (Lipinski definition) is 4. The first-order valence-corrected chi connectivity index (χ1v) is 9.26. The Bertz CT molecular complexity index is 502. The lowest BCUT2D eigenvalue weighted by atomic mass is 9.53. The first-order valence-electron chi connectivity index (χ1n) is 9.26. The Balaban J connectivity index is 1.55. The second-order valence-electron chi connectivity index (χ2n) is 8.62. The van der Waals surface area contributed by atoms with Crippen molar-refractivity contribution in [3.05, 3.63) is 0 Å². The molecule has 1 aliphatic heterocycles. The van der Waals surface area contributed by atoms with Gasteiger partial charge in [-0.1, -0.05) is 6.92 Å². The predicted octanol–water partition coefficient (Wildman–Crippen LogP) is 2.91. The van der Waals surface area contributed by atoms with Crippen molar-refractivity contribution in [3.63, 3.8) is 0 Å². The summed E-state index contributed by atoms with van der Waals surface area (Å²) in [5.74, 6) is 2.81. The lowest BCUT2D eigenvalue weighted by Gasteiger charge is -2.63. The Morgan fingerprint density at radius 3 is 2.22 bits per heavy atom. The molecule has 0 radical (unpaired) electrons. The minimum absolute atomic E-state index is 0.110. The van der Waals surface area contributed by atoms with Crippen molar-refractivity contribution in [2.45, 2.75) is 77.3 Å². The fourth-order valence-electron chi connectivity index (χ4n) is 5.73. The van der Waals surface area contributed by atoms with Gasteiger partial charge in [-0.15, -0.1) is 0 Å². The topological polar surface area (TPSA) is 49.9 Å². The van der Waals surface area contributed by atoms with Gasteiger partial charge in [-0.05, 0) is 81.2 Å². The zero-order valence-corrected chi connectivity index (χ0v) is 14.5. The summed E-state index contributed by atoms with van der Waals surface area (Å²) < 4.78 is 0. The molecule has 5 aliphatic rings. The monoisotopic (exact) mass is 320 g/mol. The molecule has 5 nitrogen and oxygen atoms in total. The SMILES string of the molecule is CCCC(=O)ON1N(C2C3CC4CC(C3)CC2C4)C(=O)C1(C)C. The third-order valence-electron chi connectivity index (χ3n) is 6.51. The molecule has 1 amide bonds. The van der Waals surface area contributed by atoms with Crippen LogP contribution in [0, 0.1) is 23.7 Å². The van der Waals surface area contributed by atoms with E-state index < -0.39 is 5.54 Å². The van der Waals surface area contributed by atoms with E-state index in [2.05, 4.69) is 0 Å². The van der Waals surface area contributed by atoms with E-state index in [0.717, 1.165) is 18.3 Å². The zero-order chi connectivity index (χ0) is 16.4. The molecular formula is C18H28N2O3. The van der Waals surface area contributed by atoms with E-state index in [-0.39, 0.29) is 17.9 Å². The Morgan fingerprint density at radius 1 is 1.13 bits per heavy atom. The summed E-state index contributed by atoms with van der Waals surface area (Å²) in [6.07, 6.45) is 7.55. The molecule has 5 heteroatoms. The van der Waals surface area contributed by atoms with Crippen LogP contribution in [0.25, 0.3) is 0 Å². The largest absolute Gasteiger partial charge is 0.347 e. The van der Waals surface area contributed by atoms with Gasteiger partial charge in [0, 0.05) is 6.42 Å². The van der Waals surface area contributed by atoms with Crippen molar-refractivity contribution in [2.24, 2.45) is 23.7 Å². The molecule has 0 aromatic heterocycles. The molecule has 0 spiro atoms. The number of hydrogen-bond donors (Lipinski definition) is 0. The molecule has 5 fully saturated rings. The molecular weight excluding hydrogens is 292 g/mol. The number of rotatable bonds is 4. The van der Waals surface area contributed by atoms with E-state index in [9.17, 15) is 9.59 Å². The van der Waals surface area contributed by atoms with E-state index >= 15 is 0 Å². The Hall–Kier alpha value is -1.10. The average molecular weight is 320 g/mol. The van der Waals surface area contributed by atoms with Gasteiger partial charge in [-0.25, -0.2) is 5.01 Å². The third kappa shape index (κ3) is 2.23. The highest BCUT2D eigenvalue weighted by molar-refractivity contribution is 5.90. The van der Waals surface area contributed by atoms with Crippen molar-refractivity contribution < 1.29 is 14.4 Å². The number of nitrogens with zero attached hydrogens (tertiary/aromatic N) is 2. The standard InChI is InChI=1S/C18H28N2O3/c1-4-5-15(21)23-20-18(2,3)17(22)19(20)16-13-7-11-6-12(9-13)10-14(16)8-11/h11-14,16H,4-10H2,1-3H3. The number of hydroxylamine groups is 1. The minimum atomic E-state index is -0.724. The van der Waals surface area contributed by atoms with Crippen LogP contribution in [-0.2, 0) is 14.4 Å². The average Bonchev–Trinajstić information content (AvgIpc) is 2.48. The zero-order valence-electron chi connectivity index (χ0n) is 14.5. The highest BCUT2D eigenvalue weighted by Crippen LogP contribution is 2.57.